The van der Waals surface area contributed by atoms with E-state index < -0.39 is 23.7 Å². The molecule has 2 aromatic rings. The van der Waals surface area contributed by atoms with Crippen molar-refractivity contribution in [3.05, 3.63) is 63.4 Å². The molecule has 4 nitrogen and oxygen atoms in total. The minimum atomic E-state index is -1.07. The zero-order valence-electron chi connectivity index (χ0n) is 12.8. The average molecular weight is 371 g/mol. The van der Waals surface area contributed by atoms with Crippen molar-refractivity contribution in [2.45, 2.75) is 13.0 Å². The van der Waals surface area contributed by atoms with E-state index in [-0.39, 0.29) is 15.6 Å². The summed E-state index contributed by atoms with van der Waals surface area (Å²) in [6, 6.07) is 8.32. The highest BCUT2D eigenvalue weighted by molar-refractivity contribution is 6.36. The van der Waals surface area contributed by atoms with E-state index in [1.807, 2.05) is 0 Å². The zero-order valence-corrected chi connectivity index (χ0v) is 14.3. The molecule has 7 heteroatoms. The first kappa shape index (κ1) is 18.2. The van der Waals surface area contributed by atoms with Gasteiger partial charge in [-0.25, -0.2) is 9.18 Å². The van der Waals surface area contributed by atoms with E-state index in [9.17, 15) is 14.0 Å². The molecule has 1 atom stereocenters. The van der Waals surface area contributed by atoms with Gasteiger partial charge in [0, 0.05) is 5.56 Å². The number of rotatable bonds is 5. The second-order valence-electron chi connectivity index (χ2n) is 4.89. The Morgan fingerprint density at radius 2 is 1.71 bits per heavy atom. The van der Waals surface area contributed by atoms with Gasteiger partial charge in [0.2, 0.25) is 5.78 Å². The Morgan fingerprint density at radius 3 is 2.29 bits per heavy atom. The third-order valence-corrected chi connectivity index (χ3v) is 3.86. The van der Waals surface area contributed by atoms with Gasteiger partial charge in [0.1, 0.15) is 11.6 Å². The molecule has 0 aliphatic carbocycles. The summed E-state index contributed by atoms with van der Waals surface area (Å²) in [5.41, 5.74) is 0.150. The number of hydrogen-bond donors (Lipinski definition) is 0. The smallest absolute Gasteiger partial charge is 0.340 e. The molecule has 126 valence electrons. The van der Waals surface area contributed by atoms with Gasteiger partial charge in [-0.15, -0.1) is 0 Å². The third kappa shape index (κ3) is 4.04. The summed E-state index contributed by atoms with van der Waals surface area (Å²) in [4.78, 5) is 24.4. The summed E-state index contributed by atoms with van der Waals surface area (Å²) in [5.74, 6) is -1.52. The van der Waals surface area contributed by atoms with Crippen molar-refractivity contribution in [1.29, 1.82) is 0 Å². The van der Waals surface area contributed by atoms with Crippen LogP contribution in [0.4, 0.5) is 4.39 Å². The fraction of sp³-hybridized carbons (Fsp3) is 0.176. The topological polar surface area (TPSA) is 52.6 Å². The first-order valence-electron chi connectivity index (χ1n) is 6.87. The van der Waals surface area contributed by atoms with Crippen LogP contribution >= 0.6 is 23.2 Å². The maximum atomic E-state index is 13.5. The lowest BCUT2D eigenvalue weighted by Crippen LogP contribution is -2.24. The van der Waals surface area contributed by atoms with E-state index in [1.54, 1.807) is 24.3 Å². The zero-order chi connectivity index (χ0) is 17.9. The van der Waals surface area contributed by atoms with Crippen molar-refractivity contribution in [1.82, 2.24) is 0 Å². The van der Waals surface area contributed by atoms with Gasteiger partial charge in [-0.1, -0.05) is 23.2 Å². The first-order chi connectivity index (χ1) is 11.3. The quantitative estimate of drug-likeness (QED) is 0.439. The molecule has 0 amide bonds. The Bertz CT molecular complexity index is 775. The van der Waals surface area contributed by atoms with Gasteiger partial charge in [-0.05, 0) is 43.3 Å². The standard InChI is InChI=1S/C17H13Cl2FO4/c1-9(16(21)10-3-5-11(23-2)6-4-10)24-17(22)12-7-15(20)14(19)8-13(12)18/h3-9H,1-2H3/t9-/m1/s1. The SMILES string of the molecule is COc1ccc(C(=O)[C@@H](C)OC(=O)c2cc(F)c(Cl)cc2Cl)cc1. The first-order valence-corrected chi connectivity index (χ1v) is 7.63. The molecule has 0 saturated carbocycles. The predicted octanol–water partition coefficient (Wildman–Crippen LogP) is 4.57. The monoisotopic (exact) mass is 370 g/mol. The van der Waals surface area contributed by atoms with Gasteiger partial charge in [0.05, 0.1) is 22.7 Å². The van der Waals surface area contributed by atoms with E-state index in [2.05, 4.69) is 0 Å². The Labute approximate surface area is 148 Å². The highest BCUT2D eigenvalue weighted by atomic mass is 35.5. The van der Waals surface area contributed by atoms with Crippen molar-refractivity contribution in [3.8, 4) is 5.75 Å². The van der Waals surface area contributed by atoms with Crippen LogP contribution in [0.15, 0.2) is 36.4 Å². The maximum Gasteiger partial charge on any atom is 0.340 e. The lowest BCUT2D eigenvalue weighted by Gasteiger charge is -2.13. The molecule has 0 N–H and O–H groups in total. The molecule has 0 aliphatic rings. The van der Waals surface area contributed by atoms with Gasteiger partial charge >= 0.3 is 5.97 Å². The molecule has 2 aromatic carbocycles. The summed E-state index contributed by atoms with van der Waals surface area (Å²) in [5, 5.41) is -0.269. The van der Waals surface area contributed by atoms with E-state index >= 15 is 0 Å². The van der Waals surface area contributed by atoms with Crippen LogP contribution in [0.25, 0.3) is 0 Å². The number of ether oxygens (including phenoxy) is 2. The van der Waals surface area contributed by atoms with Crippen LogP contribution in [0.3, 0.4) is 0 Å². The van der Waals surface area contributed by atoms with Gasteiger partial charge in [-0.3, -0.25) is 4.79 Å². The Hall–Kier alpha value is -2.11. The number of methoxy groups -OCH3 is 1. The maximum absolute atomic E-state index is 13.5. The van der Waals surface area contributed by atoms with Crippen molar-refractivity contribution in [2.75, 3.05) is 7.11 Å². The molecule has 0 spiro atoms. The molecule has 0 radical (unpaired) electrons. The summed E-state index contributed by atoms with van der Waals surface area (Å²) >= 11 is 11.4. The van der Waals surface area contributed by atoms with Crippen LogP contribution < -0.4 is 4.74 Å². The second-order valence-corrected chi connectivity index (χ2v) is 5.70. The summed E-state index contributed by atoms with van der Waals surface area (Å²) in [6.45, 7) is 1.42. The number of ketones is 1. The normalized spacial score (nSPS) is 11.7. The van der Waals surface area contributed by atoms with Crippen LogP contribution in [0.1, 0.15) is 27.6 Å². The Kier molecular flexibility index (Phi) is 5.80. The lowest BCUT2D eigenvalue weighted by atomic mass is 10.1. The second kappa shape index (κ2) is 7.64. The van der Waals surface area contributed by atoms with E-state index in [4.69, 9.17) is 32.7 Å². The molecule has 0 heterocycles. The molecular formula is C17H13Cl2FO4. The number of Topliss-reactive ketones (excluding diaryl/α,β-unsaturated/α-hetero) is 1. The summed E-state index contributed by atoms with van der Waals surface area (Å²) < 4.78 is 23.6. The van der Waals surface area contributed by atoms with Gasteiger partial charge < -0.3 is 9.47 Å². The van der Waals surface area contributed by atoms with Crippen LogP contribution in [0.5, 0.6) is 5.75 Å². The fourth-order valence-electron chi connectivity index (χ4n) is 1.95. The predicted molar refractivity (Wildman–Crippen MR) is 88.6 cm³/mol. The van der Waals surface area contributed by atoms with Crippen LogP contribution in [-0.2, 0) is 4.74 Å². The van der Waals surface area contributed by atoms with E-state index in [0.29, 0.717) is 11.3 Å². The Balaban J connectivity index is 2.13. The summed E-state index contributed by atoms with van der Waals surface area (Å²) in [6.07, 6.45) is -1.07. The van der Waals surface area contributed by atoms with Gasteiger partial charge in [0.25, 0.3) is 0 Å². The molecular weight excluding hydrogens is 358 g/mol. The number of carbonyl (C=O) groups is 2. The number of halogens is 3. The van der Waals surface area contributed by atoms with Crippen molar-refractivity contribution in [2.24, 2.45) is 0 Å². The highest BCUT2D eigenvalue weighted by Crippen LogP contribution is 2.25. The number of hydrogen-bond acceptors (Lipinski definition) is 4. The minimum absolute atomic E-state index is 0.0597. The number of carbonyl (C=O) groups excluding carboxylic acids is 2. The van der Waals surface area contributed by atoms with Crippen LogP contribution in [-0.4, -0.2) is 25.0 Å². The van der Waals surface area contributed by atoms with Crippen molar-refractivity contribution < 1.29 is 23.5 Å². The molecule has 0 bridgehead atoms. The van der Waals surface area contributed by atoms with E-state index in [1.165, 1.54) is 14.0 Å². The van der Waals surface area contributed by atoms with Gasteiger partial charge in [-0.2, -0.15) is 0 Å². The molecule has 0 aliphatic heterocycles. The van der Waals surface area contributed by atoms with Gasteiger partial charge in [0.15, 0.2) is 6.10 Å². The largest absolute Gasteiger partial charge is 0.497 e. The van der Waals surface area contributed by atoms with Crippen molar-refractivity contribution in [3.63, 3.8) is 0 Å². The minimum Gasteiger partial charge on any atom is -0.497 e. The van der Waals surface area contributed by atoms with E-state index in [0.717, 1.165) is 12.1 Å². The fourth-order valence-corrected chi connectivity index (χ4v) is 2.41. The van der Waals surface area contributed by atoms with Crippen LogP contribution in [0.2, 0.25) is 10.0 Å². The number of esters is 1. The molecule has 24 heavy (non-hydrogen) atoms. The number of benzene rings is 2. The Morgan fingerprint density at radius 1 is 1.08 bits per heavy atom. The highest BCUT2D eigenvalue weighted by Gasteiger charge is 2.23. The third-order valence-electron chi connectivity index (χ3n) is 3.26. The average Bonchev–Trinajstić information content (AvgIpc) is 2.57. The molecule has 0 aromatic heterocycles. The molecule has 0 unspecified atom stereocenters. The van der Waals surface area contributed by atoms with Crippen LogP contribution in [0, 0.1) is 5.82 Å². The molecule has 0 saturated heterocycles. The lowest BCUT2D eigenvalue weighted by molar-refractivity contribution is 0.0318. The summed E-state index contributed by atoms with van der Waals surface area (Å²) in [7, 11) is 1.51. The van der Waals surface area contributed by atoms with Crippen molar-refractivity contribution >= 4 is 35.0 Å². The molecule has 0 fully saturated rings. The molecule has 2 rings (SSSR count).